The quantitative estimate of drug-likeness (QED) is 0.852. The third-order valence-electron chi connectivity index (χ3n) is 4.80. The fourth-order valence-corrected chi connectivity index (χ4v) is 3.50. The average molecular weight is 317 g/mol. The smallest absolute Gasteiger partial charge is 0.224 e. The molecule has 2 aliphatic heterocycles. The normalized spacial score (nSPS) is 22.6. The van der Waals surface area contributed by atoms with E-state index in [1.165, 1.54) is 11.3 Å². The Morgan fingerprint density at radius 1 is 1.26 bits per heavy atom. The molecule has 2 saturated heterocycles. The standard InChI is InChI=1S/C18H27N3O2/c1-15-6-3-4-7-17(15)19-11-12-21(16(2)14-19)18(22)8-10-20-9-5-13-23-20/h3-4,6-7,16H,5,8-14H2,1-2H3/t16-/m0/s1. The van der Waals surface area contributed by atoms with Crippen molar-refractivity contribution in [2.75, 3.05) is 44.2 Å². The zero-order chi connectivity index (χ0) is 16.2. The second-order valence-corrected chi connectivity index (χ2v) is 6.53. The zero-order valence-electron chi connectivity index (χ0n) is 14.2. The molecule has 5 heteroatoms. The minimum absolute atomic E-state index is 0.246. The van der Waals surface area contributed by atoms with Gasteiger partial charge in [-0.25, -0.2) is 0 Å². The maximum atomic E-state index is 12.5. The summed E-state index contributed by atoms with van der Waals surface area (Å²) in [6.45, 7) is 9.35. The number of benzene rings is 1. The fraction of sp³-hybridized carbons (Fsp3) is 0.611. The number of aryl methyl sites for hydroxylation is 1. The summed E-state index contributed by atoms with van der Waals surface area (Å²) in [5.41, 5.74) is 2.59. The molecule has 5 nitrogen and oxygen atoms in total. The molecular formula is C18H27N3O2. The minimum Gasteiger partial charge on any atom is -0.367 e. The van der Waals surface area contributed by atoms with Gasteiger partial charge in [0.1, 0.15) is 0 Å². The number of hydrogen-bond acceptors (Lipinski definition) is 4. The first-order valence-corrected chi connectivity index (χ1v) is 8.63. The molecule has 0 bridgehead atoms. The van der Waals surface area contributed by atoms with Crippen LogP contribution in [0.2, 0.25) is 0 Å². The molecule has 23 heavy (non-hydrogen) atoms. The van der Waals surface area contributed by atoms with Gasteiger partial charge in [0.05, 0.1) is 6.61 Å². The Bertz CT molecular complexity index is 543. The highest BCUT2D eigenvalue weighted by molar-refractivity contribution is 5.77. The highest BCUT2D eigenvalue weighted by Gasteiger charge is 2.28. The molecule has 3 rings (SSSR count). The van der Waals surface area contributed by atoms with Crippen LogP contribution in [0.4, 0.5) is 5.69 Å². The van der Waals surface area contributed by atoms with Gasteiger partial charge in [0.15, 0.2) is 0 Å². The van der Waals surface area contributed by atoms with Crippen molar-refractivity contribution in [3.63, 3.8) is 0 Å². The molecule has 1 amide bonds. The van der Waals surface area contributed by atoms with Crippen LogP contribution in [0, 0.1) is 6.92 Å². The SMILES string of the molecule is Cc1ccccc1N1CCN(C(=O)CCN2CCCO2)[C@@H](C)C1. The van der Waals surface area contributed by atoms with Crippen LogP contribution in [0.15, 0.2) is 24.3 Å². The van der Waals surface area contributed by atoms with E-state index in [1.54, 1.807) is 0 Å². The van der Waals surface area contributed by atoms with Crippen LogP contribution < -0.4 is 4.90 Å². The molecule has 0 saturated carbocycles. The van der Waals surface area contributed by atoms with Gasteiger partial charge in [-0.2, -0.15) is 5.06 Å². The van der Waals surface area contributed by atoms with Crippen LogP contribution in [0.3, 0.4) is 0 Å². The van der Waals surface area contributed by atoms with E-state index in [0.29, 0.717) is 13.0 Å². The highest BCUT2D eigenvalue weighted by atomic mass is 16.7. The van der Waals surface area contributed by atoms with Crippen LogP contribution in [0.25, 0.3) is 0 Å². The molecule has 0 N–H and O–H groups in total. The number of hydrogen-bond donors (Lipinski definition) is 0. The molecule has 126 valence electrons. The summed E-state index contributed by atoms with van der Waals surface area (Å²) in [7, 11) is 0. The van der Waals surface area contributed by atoms with E-state index >= 15 is 0 Å². The molecule has 1 aromatic rings. The number of piperazine rings is 1. The van der Waals surface area contributed by atoms with E-state index in [-0.39, 0.29) is 11.9 Å². The molecule has 0 radical (unpaired) electrons. The second-order valence-electron chi connectivity index (χ2n) is 6.53. The number of carbonyl (C=O) groups excluding carboxylic acids is 1. The highest BCUT2D eigenvalue weighted by Crippen LogP contribution is 2.23. The molecule has 0 unspecified atom stereocenters. The van der Waals surface area contributed by atoms with Gasteiger partial charge in [-0.1, -0.05) is 18.2 Å². The number of carbonyl (C=O) groups is 1. The second kappa shape index (κ2) is 7.32. The zero-order valence-corrected chi connectivity index (χ0v) is 14.2. The monoisotopic (exact) mass is 317 g/mol. The molecule has 1 aromatic carbocycles. The lowest BCUT2D eigenvalue weighted by molar-refractivity contribution is -0.140. The first-order chi connectivity index (χ1) is 11.1. The number of hydroxylamine groups is 2. The lowest BCUT2D eigenvalue weighted by Crippen LogP contribution is -2.54. The van der Waals surface area contributed by atoms with Crippen LogP contribution in [-0.4, -0.2) is 61.2 Å². The number of nitrogens with zero attached hydrogens (tertiary/aromatic N) is 3. The van der Waals surface area contributed by atoms with Gasteiger partial charge in [-0.3, -0.25) is 9.63 Å². The number of amides is 1. The van der Waals surface area contributed by atoms with Crippen molar-refractivity contribution in [3.05, 3.63) is 29.8 Å². The van der Waals surface area contributed by atoms with E-state index in [1.807, 2.05) is 9.96 Å². The Balaban J connectivity index is 1.53. The van der Waals surface area contributed by atoms with Gasteiger partial charge in [-0.15, -0.1) is 0 Å². The maximum absolute atomic E-state index is 12.5. The molecule has 2 aliphatic rings. The van der Waals surface area contributed by atoms with Crippen molar-refractivity contribution in [1.82, 2.24) is 9.96 Å². The fourth-order valence-electron chi connectivity index (χ4n) is 3.50. The molecule has 2 fully saturated rings. The van der Waals surface area contributed by atoms with Crippen molar-refractivity contribution in [2.45, 2.75) is 32.7 Å². The van der Waals surface area contributed by atoms with Crippen LogP contribution in [0.1, 0.15) is 25.3 Å². The van der Waals surface area contributed by atoms with E-state index in [2.05, 4.69) is 43.0 Å². The molecule has 0 aromatic heterocycles. The molecule has 0 aliphatic carbocycles. The summed E-state index contributed by atoms with van der Waals surface area (Å²) in [4.78, 5) is 22.4. The van der Waals surface area contributed by atoms with Crippen molar-refractivity contribution < 1.29 is 9.63 Å². The van der Waals surface area contributed by atoms with Crippen LogP contribution in [-0.2, 0) is 9.63 Å². The van der Waals surface area contributed by atoms with Gasteiger partial charge in [-0.05, 0) is 31.9 Å². The Morgan fingerprint density at radius 3 is 2.78 bits per heavy atom. The summed E-state index contributed by atoms with van der Waals surface area (Å²) in [6, 6.07) is 8.72. The minimum atomic E-state index is 0.246. The number of para-hydroxylation sites is 1. The molecule has 0 spiro atoms. The lowest BCUT2D eigenvalue weighted by Gasteiger charge is -2.41. The van der Waals surface area contributed by atoms with Crippen LogP contribution in [0.5, 0.6) is 0 Å². The first kappa shape index (κ1) is 16.3. The van der Waals surface area contributed by atoms with Gasteiger partial charge in [0.2, 0.25) is 5.91 Å². The molecule has 2 heterocycles. The first-order valence-electron chi connectivity index (χ1n) is 8.63. The van der Waals surface area contributed by atoms with Gasteiger partial charge in [0.25, 0.3) is 0 Å². The lowest BCUT2D eigenvalue weighted by atomic mass is 10.1. The van der Waals surface area contributed by atoms with Gasteiger partial charge < -0.3 is 9.80 Å². The largest absolute Gasteiger partial charge is 0.367 e. The van der Waals surface area contributed by atoms with E-state index < -0.39 is 0 Å². The summed E-state index contributed by atoms with van der Waals surface area (Å²) >= 11 is 0. The van der Waals surface area contributed by atoms with Crippen molar-refractivity contribution in [1.29, 1.82) is 0 Å². The van der Waals surface area contributed by atoms with E-state index in [9.17, 15) is 4.79 Å². The Hall–Kier alpha value is -1.59. The van der Waals surface area contributed by atoms with Gasteiger partial charge >= 0.3 is 0 Å². The number of anilines is 1. The van der Waals surface area contributed by atoms with E-state index in [0.717, 1.165) is 39.2 Å². The summed E-state index contributed by atoms with van der Waals surface area (Å²) in [6.07, 6.45) is 1.62. The molecular weight excluding hydrogens is 290 g/mol. The predicted octanol–water partition coefficient (Wildman–Crippen LogP) is 2.06. The van der Waals surface area contributed by atoms with Gasteiger partial charge in [0, 0.05) is 50.9 Å². The number of rotatable bonds is 4. The Labute approximate surface area is 138 Å². The predicted molar refractivity (Wildman–Crippen MR) is 91.3 cm³/mol. The van der Waals surface area contributed by atoms with Crippen molar-refractivity contribution >= 4 is 11.6 Å². The Kier molecular flexibility index (Phi) is 5.18. The topological polar surface area (TPSA) is 36.0 Å². The van der Waals surface area contributed by atoms with Crippen molar-refractivity contribution in [3.8, 4) is 0 Å². The Morgan fingerprint density at radius 2 is 2.09 bits per heavy atom. The average Bonchev–Trinajstić information content (AvgIpc) is 3.06. The molecule has 1 atom stereocenters. The summed E-state index contributed by atoms with van der Waals surface area (Å²) in [5.74, 6) is 0.248. The van der Waals surface area contributed by atoms with E-state index in [4.69, 9.17) is 4.84 Å². The maximum Gasteiger partial charge on any atom is 0.224 e. The van der Waals surface area contributed by atoms with Crippen molar-refractivity contribution in [2.24, 2.45) is 0 Å². The van der Waals surface area contributed by atoms with Crippen LogP contribution >= 0.6 is 0 Å². The third kappa shape index (κ3) is 3.85. The summed E-state index contributed by atoms with van der Waals surface area (Å²) in [5, 5.41) is 1.92. The third-order valence-corrected chi connectivity index (χ3v) is 4.80. The summed E-state index contributed by atoms with van der Waals surface area (Å²) < 4.78 is 0.